The molecule has 0 bridgehead atoms. The molecule has 0 aliphatic carbocycles. The fourth-order valence-electron chi connectivity index (χ4n) is 2.23. The zero-order valence-electron chi connectivity index (χ0n) is 12.2. The average Bonchev–Trinajstić information content (AvgIpc) is 2.20. The van der Waals surface area contributed by atoms with E-state index in [9.17, 15) is 0 Å². The second-order valence-electron chi connectivity index (χ2n) is 5.43. The van der Waals surface area contributed by atoms with Gasteiger partial charge in [-0.1, -0.05) is 34.1 Å². The Bertz CT molecular complexity index is 155. The maximum atomic E-state index is 3.50. The molecule has 0 radical (unpaired) electrons. The fraction of sp³-hybridized carbons (Fsp3) is 1.00. The standard InChI is InChI=1S/C14H32N2/c1-7-9-14(10-15-8-2)16(13(5)6)11-12(3)4/h12-15H,7-11H2,1-6H3. The lowest BCUT2D eigenvalue weighted by Gasteiger charge is -2.36. The minimum atomic E-state index is 0.651. The van der Waals surface area contributed by atoms with E-state index in [2.05, 4.69) is 51.8 Å². The van der Waals surface area contributed by atoms with E-state index in [1.165, 1.54) is 19.4 Å². The van der Waals surface area contributed by atoms with E-state index in [4.69, 9.17) is 0 Å². The van der Waals surface area contributed by atoms with E-state index in [0.29, 0.717) is 12.1 Å². The zero-order chi connectivity index (χ0) is 12.6. The van der Waals surface area contributed by atoms with Gasteiger partial charge in [-0.25, -0.2) is 0 Å². The lowest BCUT2D eigenvalue weighted by molar-refractivity contribution is 0.125. The van der Waals surface area contributed by atoms with E-state index >= 15 is 0 Å². The van der Waals surface area contributed by atoms with Crippen LogP contribution in [0.2, 0.25) is 0 Å². The first-order valence-electron chi connectivity index (χ1n) is 6.99. The Hall–Kier alpha value is -0.0800. The maximum Gasteiger partial charge on any atom is 0.0223 e. The van der Waals surface area contributed by atoms with Crippen LogP contribution in [-0.2, 0) is 0 Å². The summed E-state index contributed by atoms with van der Waals surface area (Å²) in [5, 5.41) is 3.50. The molecule has 1 unspecified atom stereocenters. The van der Waals surface area contributed by atoms with E-state index in [1.807, 2.05) is 0 Å². The summed E-state index contributed by atoms with van der Waals surface area (Å²) >= 11 is 0. The lowest BCUT2D eigenvalue weighted by Crippen LogP contribution is -2.47. The molecule has 98 valence electrons. The average molecular weight is 228 g/mol. The van der Waals surface area contributed by atoms with Crippen molar-refractivity contribution in [1.29, 1.82) is 0 Å². The first-order chi connectivity index (χ1) is 7.52. The third-order valence-corrected chi connectivity index (χ3v) is 2.96. The predicted molar refractivity (Wildman–Crippen MR) is 73.9 cm³/mol. The summed E-state index contributed by atoms with van der Waals surface area (Å²) in [5.74, 6) is 0.753. The van der Waals surface area contributed by atoms with Crippen LogP contribution < -0.4 is 5.32 Å². The van der Waals surface area contributed by atoms with Gasteiger partial charge in [0.15, 0.2) is 0 Å². The summed E-state index contributed by atoms with van der Waals surface area (Å²) in [7, 11) is 0. The van der Waals surface area contributed by atoms with Gasteiger partial charge < -0.3 is 5.32 Å². The van der Waals surface area contributed by atoms with E-state index in [0.717, 1.165) is 19.0 Å². The first kappa shape index (κ1) is 15.9. The van der Waals surface area contributed by atoms with Gasteiger partial charge in [-0.15, -0.1) is 0 Å². The van der Waals surface area contributed by atoms with Gasteiger partial charge in [-0.05, 0) is 32.7 Å². The molecule has 16 heavy (non-hydrogen) atoms. The van der Waals surface area contributed by atoms with Gasteiger partial charge in [-0.2, -0.15) is 0 Å². The zero-order valence-corrected chi connectivity index (χ0v) is 12.2. The smallest absolute Gasteiger partial charge is 0.0223 e. The minimum absolute atomic E-state index is 0.651. The topological polar surface area (TPSA) is 15.3 Å². The third-order valence-electron chi connectivity index (χ3n) is 2.96. The Balaban J connectivity index is 4.38. The second kappa shape index (κ2) is 9.00. The summed E-state index contributed by atoms with van der Waals surface area (Å²) in [6, 6.07) is 1.35. The highest BCUT2D eigenvalue weighted by atomic mass is 15.2. The highest BCUT2D eigenvalue weighted by molar-refractivity contribution is 4.77. The Morgan fingerprint density at radius 1 is 1.06 bits per heavy atom. The highest BCUT2D eigenvalue weighted by Crippen LogP contribution is 2.13. The molecule has 0 aromatic rings. The molecule has 0 amide bonds. The van der Waals surface area contributed by atoms with Gasteiger partial charge >= 0.3 is 0 Å². The van der Waals surface area contributed by atoms with Gasteiger partial charge in [0.05, 0.1) is 0 Å². The number of nitrogens with one attached hydrogen (secondary N) is 1. The van der Waals surface area contributed by atoms with E-state index < -0.39 is 0 Å². The Kier molecular flexibility index (Phi) is 8.96. The van der Waals surface area contributed by atoms with Gasteiger partial charge in [0.2, 0.25) is 0 Å². The maximum absolute atomic E-state index is 3.50. The first-order valence-corrected chi connectivity index (χ1v) is 6.99. The minimum Gasteiger partial charge on any atom is -0.315 e. The summed E-state index contributed by atoms with van der Waals surface area (Å²) in [6.07, 6.45) is 2.58. The summed E-state index contributed by atoms with van der Waals surface area (Å²) in [5.41, 5.74) is 0. The summed E-state index contributed by atoms with van der Waals surface area (Å²) in [4.78, 5) is 2.66. The molecule has 0 fully saturated rings. The number of likely N-dealkylation sites (N-methyl/N-ethyl adjacent to an activating group) is 1. The van der Waals surface area contributed by atoms with E-state index in [-0.39, 0.29) is 0 Å². The number of rotatable bonds is 9. The van der Waals surface area contributed by atoms with Crippen LogP contribution in [0.5, 0.6) is 0 Å². The van der Waals surface area contributed by atoms with Crippen LogP contribution in [0.15, 0.2) is 0 Å². The molecule has 1 atom stereocenters. The Morgan fingerprint density at radius 3 is 2.06 bits per heavy atom. The van der Waals surface area contributed by atoms with Gasteiger partial charge in [-0.3, -0.25) is 4.90 Å². The quantitative estimate of drug-likeness (QED) is 0.652. The summed E-state index contributed by atoms with van der Waals surface area (Å²) < 4.78 is 0. The van der Waals surface area contributed by atoms with Crippen molar-refractivity contribution < 1.29 is 0 Å². The largest absolute Gasteiger partial charge is 0.315 e. The highest BCUT2D eigenvalue weighted by Gasteiger charge is 2.20. The SMILES string of the molecule is CCCC(CNCC)N(CC(C)C)C(C)C. The van der Waals surface area contributed by atoms with Crippen LogP contribution in [0.25, 0.3) is 0 Å². The van der Waals surface area contributed by atoms with Crippen LogP contribution >= 0.6 is 0 Å². The molecule has 2 heteroatoms. The van der Waals surface area contributed by atoms with Crippen molar-refractivity contribution in [3.05, 3.63) is 0 Å². The molecule has 0 saturated carbocycles. The number of hydrogen-bond acceptors (Lipinski definition) is 2. The fourth-order valence-corrected chi connectivity index (χ4v) is 2.23. The molecule has 0 saturated heterocycles. The van der Waals surface area contributed by atoms with Crippen molar-refractivity contribution in [2.75, 3.05) is 19.6 Å². The van der Waals surface area contributed by atoms with Crippen molar-refractivity contribution in [2.24, 2.45) is 5.92 Å². The lowest BCUT2D eigenvalue weighted by atomic mass is 10.1. The molecule has 2 nitrogen and oxygen atoms in total. The van der Waals surface area contributed by atoms with Crippen LogP contribution in [0, 0.1) is 5.92 Å². The van der Waals surface area contributed by atoms with Crippen LogP contribution in [0.3, 0.4) is 0 Å². The van der Waals surface area contributed by atoms with Crippen molar-refractivity contribution in [2.45, 2.75) is 66.5 Å². The monoisotopic (exact) mass is 228 g/mol. The molecule has 0 aromatic heterocycles. The Morgan fingerprint density at radius 2 is 1.69 bits per heavy atom. The van der Waals surface area contributed by atoms with Crippen LogP contribution in [0.1, 0.15) is 54.4 Å². The van der Waals surface area contributed by atoms with Crippen LogP contribution in [-0.4, -0.2) is 36.6 Å². The third kappa shape index (κ3) is 6.49. The van der Waals surface area contributed by atoms with Crippen molar-refractivity contribution >= 4 is 0 Å². The molecule has 0 spiro atoms. The predicted octanol–water partition coefficient (Wildman–Crippen LogP) is 3.13. The van der Waals surface area contributed by atoms with E-state index in [1.54, 1.807) is 0 Å². The molecule has 0 aliphatic heterocycles. The normalized spacial score (nSPS) is 14.1. The molecule has 0 aliphatic rings. The number of nitrogens with zero attached hydrogens (tertiary/aromatic N) is 1. The molecule has 0 heterocycles. The second-order valence-corrected chi connectivity index (χ2v) is 5.43. The van der Waals surface area contributed by atoms with Crippen LogP contribution in [0.4, 0.5) is 0 Å². The number of hydrogen-bond donors (Lipinski definition) is 1. The molecule has 0 rings (SSSR count). The molecular formula is C14H32N2. The van der Waals surface area contributed by atoms with Crippen molar-refractivity contribution in [3.63, 3.8) is 0 Å². The van der Waals surface area contributed by atoms with Crippen molar-refractivity contribution in [1.82, 2.24) is 10.2 Å². The molecule has 1 N–H and O–H groups in total. The van der Waals surface area contributed by atoms with Crippen molar-refractivity contribution in [3.8, 4) is 0 Å². The van der Waals surface area contributed by atoms with Gasteiger partial charge in [0.25, 0.3) is 0 Å². The van der Waals surface area contributed by atoms with Gasteiger partial charge in [0.1, 0.15) is 0 Å². The molecule has 0 aromatic carbocycles. The van der Waals surface area contributed by atoms with Gasteiger partial charge in [0, 0.05) is 25.2 Å². The summed E-state index contributed by atoms with van der Waals surface area (Å²) in [6.45, 7) is 17.2. The molecular weight excluding hydrogens is 196 g/mol. The Labute approximate surface area is 103 Å².